The highest BCUT2D eigenvalue weighted by Gasteiger charge is 2.41. The Labute approximate surface area is 206 Å². The molecule has 2 N–H and O–H groups in total. The topological polar surface area (TPSA) is 84.2 Å². The Morgan fingerprint density at radius 1 is 1.06 bits per heavy atom. The maximum absolute atomic E-state index is 13.7. The number of para-hydroxylation sites is 1. The number of carboxylic acid groups (broad SMARTS) is 1. The molecule has 4 aromatic rings. The number of ketones is 1. The molecule has 0 saturated heterocycles. The van der Waals surface area contributed by atoms with Crippen molar-refractivity contribution in [2.45, 2.75) is 31.6 Å². The van der Waals surface area contributed by atoms with Crippen LogP contribution >= 0.6 is 11.3 Å². The van der Waals surface area contributed by atoms with Crippen molar-refractivity contribution in [3.8, 4) is 5.69 Å². The van der Waals surface area contributed by atoms with Crippen LogP contribution in [-0.2, 0) is 4.79 Å². The summed E-state index contributed by atoms with van der Waals surface area (Å²) in [6, 6.07) is 21.0. The molecule has 0 spiro atoms. The van der Waals surface area contributed by atoms with Gasteiger partial charge < -0.3 is 10.4 Å². The number of thiophene rings is 1. The number of hydrogen-bond donors (Lipinski definition) is 2. The summed E-state index contributed by atoms with van der Waals surface area (Å²) < 4.78 is 1.69. The molecule has 2 aromatic heterocycles. The summed E-state index contributed by atoms with van der Waals surface area (Å²) >= 11 is 1.68. The number of aryl methyl sites for hydroxylation is 1. The van der Waals surface area contributed by atoms with Gasteiger partial charge in [0.1, 0.15) is 5.82 Å². The lowest BCUT2D eigenvalue weighted by Gasteiger charge is -2.35. The molecule has 0 fully saturated rings. The standard InChI is InChI=1S/C28H23N3O3S/c1-16-24-25(17-8-3-2-4-9-17)26-20(14-18(15-22(26)32)23-12-7-13-35-23)29-27(24)31(30-16)21-11-6-5-10-19(21)28(33)34/h2-13,18,25,29H,14-15H2,1H3,(H,33,34)/t18-,25+/m1/s1. The van der Waals surface area contributed by atoms with Gasteiger partial charge in [-0.05, 0) is 42.5 Å². The van der Waals surface area contributed by atoms with E-state index >= 15 is 0 Å². The SMILES string of the molecule is Cc1nn(-c2ccccc2C(=O)O)c2c1[C@H](c1ccccc1)C1=C(C[C@@H](c3cccs3)CC1=O)N2. The van der Waals surface area contributed by atoms with E-state index in [1.54, 1.807) is 34.2 Å². The summed E-state index contributed by atoms with van der Waals surface area (Å²) in [5.41, 5.74) is 5.07. The maximum Gasteiger partial charge on any atom is 0.337 e. The predicted molar refractivity (Wildman–Crippen MR) is 135 cm³/mol. The van der Waals surface area contributed by atoms with E-state index in [0.717, 1.165) is 40.3 Å². The molecule has 7 heteroatoms. The smallest absolute Gasteiger partial charge is 0.337 e. The highest BCUT2D eigenvalue weighted by Crippen LogP contribution is 2.49. The lowest BCUT2D eigenvalue weighted by Crippen LogP contribution is -2.30. The number of allylic oxidation sites excluding steroid dienone is 2. The predicted octanol–water partition coefficient (Wildman–Crippen LogP) is 5.90. The minimum atomic E-state index is -1.01. The van der Waals surface area contributed by atoms with Crippen LogP contribution in [0, 0.1) is 6.92 Å². The molecule has 2 aromatic carbocycles. The summed E-state index contributed by atoms with van der Waals surface area (Å²) in [5.74, 6) is -0.276. The Kier molecular flexibility index (Phi) is 5.15. The molecule has 0 radical (unpaired) electrons. The van der Waals surface area contributed by atoms with Gasteiger partial charge in [0.15, 0.2) is 5.78 Å². The third-order valence-corrected chi connectivity index (χ3v) is 7.94. The first-order valence-electron chi connectivity index (χ1n) is 11.6. The number of nitrogens with one attached hydrogen (secondary N) is 1. The van der Waals surface area contributed by atoms with Crippen LogP contribution in [0.25, 0.3) is 5.69 Å². The van der Waals surface area contributed by atoms with Crippen LogP contribution < -0.4 is 5.32 Å². The molecule has 1 aliphatic carbocycles. The molecule has 0 amide bonds. The number of rotatable bonds is 4. The van der Waals surface area contributed by atoms with Crippen LogP contribution in [0.2, 0.25) is 0 Å². The summed E-state index contributed by atoms with van der Waals surface area (Å²) in [6.45, 7) is 1.92. The van der Waals surface area contributed by atoms with E-state index in [1.165, 1.54) is 4.88 Å². The summed E-state index contributed by atoms with van der Waals surface area (Å²) in [5, 5.41) is 20.2. The first-order valence-corrected chi connectivity index (χ1v) is 12.4. The molecule has 0 bridgehead atoms. The second-order valence-corrected chi connectivity index (χ2v) is 9.97. The van der Waals surface area contributed by atoms with Gasteiger partial charge in [0.2, 0.25) is 0 Å². The van der Waals surface area contributed by atoms with Gasteiger partial charge in [-0.2, -0.15) is 5.10 Å². The molecule has 2 atom stereocenters. The summed E-state index contributed by atoms with van der Waals surface area (Å²) in [7, 11) is 0. The fraction of sp³-hybridized carbons (Fsp3) is 0.179. The Balaban J connectivity index is 1.56. The van der Waals surface area contributed by atoms with Gasteiger partial charge in [-0.1, -0.05) is 48.5 Å². The number of nitrogens with zero attached hydrogens (tertiary/aromatic N) is 2. The molecule has 6 nitrogen and oxygen atoms in total. The number of benzene rings is 2. The lowest BCUT2D eigenvalue weighted by atomic mass is 9.73. The van der Waals surface area contributed by atoms with E-state index in [1.807, 2.05) is 54.8 Å². The Hall–Kier alpha value is -3.97. The highest BCUT2D eigenvalue weighted by atomic mass is 32.1. The number of carbonyl (C=O) groups is 2. The van der Waals surface area contributed by atoms with Crippen molar-refractivity contribution in [2.75, 3.05) is 5.32 Å². The number of carbonyl (C=O) groups excluding carboxylic acids is 1. The van der Waals surface area contributed by atoms with E-state index in [-0.39, 0.29) is 23.2 Å². The number of anilines is 1. The van der Waals surface area contributed by atoms with Gasteiger partial charge in [0.05, 0.1) is 16.9 Å². The quantitative estimate of drug-likeness (QED) is 0.379. The average molecular weight is 482 g/mol. The van der Waals surface area contributed by atoms with Crippen LogP contribution in [0.3, 0.4) is 0 Å². The van der Waals surface area contributed by atoms with Crippen LogP contribution in [-0.4, -0.2) is 26.6 Å². The van der Waals surface area contributed by atoms with Crippen molar-refractivity contribution in [3.63, 3.8) is 0 Å². The van der Waals surface area contributed by atoms with Crippen LogP contribution in [0.5, 0.6) is 0 Å². The zero-order valence-corrected chi connectivity index (χ0v) is 19.9. The zero-order chi connectivity index (χ0) is 24.1. The van der Waals surface area contributed by atoms with Gasteiger partial charge in [-0.25, -0.2) is 9.48 Å². The number of aromatic carboxylic acids is 1. The van der Waals surface area contributed by atoms with Crippen molar-refractivity contribution in [1.82, 2.24) is 9.78 Å². The highest BCUT2D eigenvalue weighted by molar-refractivity contribution is 7.10. The number of aromatic nitrogens is 2. The van der Waals surface area contributed by atoms with Crippen LogP contribution in [0.4, 0.5) is 5.82 Å². The second-order valence-electron chi connectivity index (χ2n) is 8.99. The molecular formula is C28H23N3O3S. The fourth-order valence-corrected chi connectivity index (χ4v) is 6.22. The average Bonchev–Trinajstić information content (AvgIpc) is 3.52. The summed E-state index contributed by atoms with van der Waals surface area (Å²) in [4.78, 5) is 26.9. The van der Waals surface area contributed by atoms with Crippen LogP contribution in [0.15, 0.2) is 83.4 Å². The molecule has 35 heavy (non-hydrogen) atoms. The zero-order valence-electron chi connectivity index (χ0n) is 19.1. The number of Topliss-reactive ketones (excluding diaryl/α,β-unsaturated/α-hetero) is 1. The summed E-state index contributed by atoms with van der Waals surface area (Å²) in [6.07, 6.45) is 1.20. The van der Waals surface area contributed by atoms with Crippen molar-refractivity contribution < 1.29 is 14.7 Å². The number of carboxylic acids is 1. The normalized spacial score (nSPS) is 19.2. The van der Waals surface area contributed by atoms with Crippen LogP contribution in [0.1, 0.15) is 56.7 Å². The molecule has 0 saturated carbocycles. The first kappa shape index (κ1) is 21.6. The van der Waals surface area contributed by atoms with Crippen molar-refractivity contribution in [1.29, 1.82) is 0 Å². The van der Waals surface area contributed by atoms with Crippen molar-refractivity contribution >= 4 is 28.9 Å². The van der Waals surface area contributed by atoms with Crippen molar-refractivity contribution in [2.24, 2.45) is 0 Å². The maximum atomic E-state index is 13.7. The van der Waals surface area contributed by atoms with E-state index in [4.69, 9.17) is 5.10 Å². The monoisotopic (exact) mass is 481 g/mol. The first-order chi connectivity index (χ1) is 17.0. The lowest BCUT2D eigenvalue weighted by molar-refractivity contribution is -0.116. The van der Waals surface area contributed by atoms with E-state index in [0.29, 0.717) is 12.1 Å². The third kappa shape index (κ3) is 3.51. The molecule has 3 heterocycles. The molecular weight excluding hydrogens is 458 g/mol. The van der Waals surface area contributed by atoms with Gasteiger partial charge >= 0.3 is 5.97 Å². The molecule has 174 valence electrons. The number of fused-ring (bicyclic) bond motifs is 1. The van der Waals surface area contributed by atoms with Crippen molar-refractivity contribution in [3.05, 3.63) is 111 Å². The minimum absolute atomic E-state index is 0.121. The Bertz CT molecular complexity index is 1490. The molecule has 6 rings (SSSR count). The largest absolute Gasteiger partial charge is 0.478 e. The minimum Gasteiger partial charge on any atom is -0.478 e. The van der Waals surface area contributed by atoms with E-state index in [9.17, 15) is 14.7 Å². The van der Waals surface area contributed by atoms with Gasteiger partial charge in [-0.3, -0.25) is 4.79 Å². The molecule has 2 aliphatic rings. The fourth-order valence-electron chi connectivity index (χ4n) is 5.39. The van der Waals surface area contributed by atoms with Gasteiger partial charge in [0.25, 0.3) is 0 Å². The van der Waals surface area contributed by atoms with Gasteiger partial charge in [-0.15, -0.1) is 11.3 Å². The Morgan fingerprint density at radius 3 is 2.57 bits per heavy atom. The van der Waals surface area contributed by atoms with E-state index in [2.05, 4.69) is 11.4 Å². The van der Waals surface area contributed by atoms with Gasteiger partial charge in [0, 0.05) is 40.0 Å². The van der Waals surface area contributed by atoms with E-state index < -0.39 is 5.97 Å². The number of hydrogen-bond acceptors (Lipinski definition) is 5. The third-order valence-electron chi connectivity index (χ3n) is 6.90. The molecule has 0 unspecified atom stereocenters. The Morgan fingerprint density at radius 2 is 1.83 bits per heavy atom. The second kappa shape index (κ2) is 8.36. The molecule has 1 aliphatic heterocycles.